The number of carbonyl (C=O) groups is 2. The van der Waals surface area contributed by atoms with E-state index in [4.69, 9.17) is 0 Å². The molecule has 2 aliphatic heterocycles. The molecule has 0 spiro atoms. The maximum atomic E-state index is 12.5. The predicted octanol–water partition coefficient (Wildman–Crippen LogP) is 1.98. The molecule has 1 aromatic carbocycles. The Morgan fingerprint density at radius 2 is 1.71 bits per heavy atom. The van der Waals surface area contributed by atoms with Gasteiger partial charge in [-0.25, -0.2) is 0 Å². The molecule has 2 heterocycles. The van der Waals surface area contributed by atoms with Crippen molar-refractivity contribution in [1.82, 2.24) is 10.2 Å². The highest BCUT2D eigenvalue weighted by molar-refractivity contribution is 6.06. The number of nitrogens with one attached hydrogen (secondary N) is 1. The molecule has 0 aromatic heterocycles. The zero-order valence-electron chi connectivity index (χ0n) is 12.7. The second-order valence-electron chi connectivity index (χ2n) is 6.58. The van der Waals surface area contributed by atoms with Crippen molar-refractivity contribution in [2.24, 2.45) is 17.8 Å². The van der Waals surface area contributed by atoms with Crippen molar-refractivity contribution < 1.29 is 9.59 Å². The Hall–Kier alpha value is -1.68. The summed E-state index contributed by atoms with van der Waals surface area (Å²) >= 11 is 0. The van der Waals surface area contributed by atoms with Gasteiger partial charge in [0.1, 0.15) is 0 Å². The van der Waals surface area contributed by atoms with Crippen molar-refractivity contribution in [1.29, 1.82) is 0 Å². The monoisotopic (exact) mass is 286 g/mol. The molecule has 1 N–H and O–H groups in total. The molecule has 1 aromatic rings. The van der Waals surface area contributed by atoms with E-state index in [1.54, 1.807) is 7.05 Å². The number of hydrogen-bond acceptors (Lipinski definition) is 3. The highest BCUT2D eigenvalue weighted by Crippen LogP contribution is 2.44. The summed E-state index contributed by atoms with van der Waals surface area (Å²) < 4.78 is 0. The first-order valence-electron chi connectivity index (χ1n) is 7.63. The van der Waals surface area contributed by atoms with Gasteiger partial charge in [-0.15, -0.1) is 0 Å². The molecule has 0 saturated carbocycles. The van der Waals surface area contributed by atoms with Crippen LogP contribution in [-0.2, 0) is 9.59 Å². The van der Waals surface area contributed by atoms with Crippen molar-refractivity contribution in [3.05, 3.63) is 35.9 Å². The van der Waals surface area contributed by atoms with Crippen LogP contribution in [0.15, 0.2) is 30.3 Å². The first kappa shape index (κ1) is 14.3. The lowest BCUT2D eigenvalue weighted by atomic mass is 9.84. The molecule has 4 nitrogen and oxygen atoms in total. The first-order valence-corrected chi connectivity index (χ1v) is 7.63. The zero-order valence-corrected chi connectivity index (χ0v) is 12.7. The van der Waals surface area contributed by atoms with Gasteiger partial charge in [-0.05, 0) is 17.9 Å². The van der Waals surface area contributed by atoms with Gasteiger partial charge >= 0.3 is 0 Å². The summed E-state index contributed by atoms with van der Waals surface area (Å²) in [5.41, 5.74) is 1.09. The molecule has 112 valence electrons. The SMILES string of the molecule is CC(C)C[C@H]1N[C@@H](c2ccccc2)[C@H]2C(=O)N(C)C(=O)[C@@H]21. The molecule has 2 aliphatic rings. The van der Waals surface area contributed by atoms with Crippen molar-refractivity contribution in [2.75, 3.05) is 7.05 Å². The average molecular weight is 286 g/mol. The Kier molecular flexibility index (Phi) is 3.57. The third-order valence-corrected chi connectivity index (χ3v) is 4.69. The van der Waals surface area contributed by atoms with E-state index in [1.165, 1.54) is 4.90 Å². The third-order valence-electron chi connectivity index (χ3n) is 4.69. The van der Waals surface area contributed by atoms with Gasteiger partial charge in [-0.3, -0.25) is 14.5 Å². The average Bonchev–Trinajstić information content (AvgIpc) is 2.93. The van der Waals surface area contributed by atoms with Crippen molar-refractivity contribution >= 4 is 11.8 Å². The van der Waals surface area contributed by atoms with Gasteiger partial charge in [0.05, 0.1) is 11.8 Å². The minimum absolute atomic E-state index is 0.0263. The van der Waals surface area contributed by atoms with Gasteiger partial charge < -0.3 is 5.32 Å². The van der Waals surface area contributed by atoms with Crippen LogP contribution in [0.1, 0.15) is 31.9 Å². The minimum Gasteiger partial charge on any atom is -0.306 e. The number of carbonyl (C=O) groups excluding carboxylic acids is 2. The van der Waals surface area contributed by atoms with E-state index in [-0.39, 0.29) is 35.7 Å². The molecule has 21 heavy (non-hydrogen) atoms. The Morgan fingerprint density at radius 1 is 1.10 bits per heavy atom. The summed E-state index contributed by atoms with van der Waals surface area (Å²) in [6, 6.07) is 10.0. The van der Waals surface area contributed by atoms with Crippen LogP contribution in [0, 0.1) is 17.8 Å². The Morgan fingerprint density at radius 3 is 2.33 bits per heavy atom. The standard InChI is InChI=1S/C17H22N2O2/c1-10(2)9-12-13-14(17(21)19(3)16(13)20)15(18-12)11-7-5-4-6-8-11/h4-8,10,12-15,18H,9H2,1-3H3/t12-,13-,14+,15+/m1/s1. The summed E-state index contributed by atoms with van der Waals surface area (Å²) in [5, 5.41) is 3.55. The molecule has 4 atom stereocenters. The van der Waals surface area contributed by atoms with Crippen LogP contribution in [-0.4, -0.2) is 29.8 Å². The number of nitrogens with zero attached hydrogens (tertiary/aromatic N) is 1. The van der Waals surface area contributed by atoms with E-state index >= 15 is 0 Å². The lowest BCUT2D eigenvalue weighted by Gasteiger charge is -2.21. The Bertz CT molecular complexity index is 555. The van der Waals surface area contributed by atoms with E-state index in [0.717, 1.165) is 12.0 Å². The molecule has 2 amide bonds. The van der Waals surface area contributed by atoms with Crippen LogP contribution in [0.3, 0.4) is 0 Å². The van der Waals surface area contributed by atoms with Crippen LogP contribution in [0.5, 0.6) is 0 Å². The lowest BCUT2D eigenvalue weighted by molar-refractivity contribution is -0.139. The fourth-order valence-electron chi connectivity index (χ4n) is 3.76. The maximum Gasteiger partial charge on any atom is 0.234 e. The lowest BCUT2D eigenvalue weighted by Crippen LogP contribution is -2.38. The fourth-order valence-corrected chi connectivity index (χ4v) is 3.76. The number of imide groups is 1. The summed E-state index contributed by atoms with van der Waals surface area (Å²) in [6.45, 7) is 4.30. The molecule has 0 unspecified atom stereocenters. The summed E-state index contributed by atoms with van der Waals surface area (Å²) in [5.74, 6) is -0.0468. The van der Waals surface area contributed by atoms with Crippen LogP contribution >= 0.6 is 0 Å². The fraction of sp³-hybridized carbons (Fsp3) is 0.529. The quantitative estimate of drug-likeness (QED) is 0.864. The van der Waals surface area contributed by atoms with Gasteiger partial charge in [0.2, 0.25) is 11.8 Å². The van der Waals surface area contributed by atoms with Gasteiger partial charge in [-0.1, -0.05) is 44.2 Å². The third kappa shape index (κ3) is 2.27. The smallest absolute Gasteiger partial charge is 0.234 e. The molecule has 2 saturated heterocycles. The molecule has 0 aliphatic carbocycles. The molecule has 0 bridgehead atoms. The van der Waals surface area contributed by atoms with E-state index in [9.17, 15) is 9.59 Å². The minimum atomic E-state index is -0.256. The second-order valence-corrected chi connectivity index (χ2v) is 6.58. The highest BCUT2D eigenvalue weighted by Gasteiger charge is 2.57. The van der Waals surface area contributed by atoms with E-state index in [0.29, 0.717) is 5.92 Å². The van der Waals surface area contributed by atoms with Crippen LogP contribution < -0.4 is 5.32 Å². The van der Waals surface area contributed by atoms with Crippen LogP contribution in [0.25, 0.3) is 0 Å². The van der Waals surface area contributed by atoms with E-state index < -0.39 is 0 Å². The molecular weight excluding hydrogens is 264 g/mol. The van der Waals surface area contributed by atoms with Crippen LogP contribution in [0.2, 0.25) is 0 Å². The number of likely N-dealkylation sites (tertiary alicyclic amines) is 1. The van der Waals surface area contributed by atoms with Crippen molar-refractivity contribution in [3.63, 3.8) is 0 Å². The topological polar surface area (TPSA) is 49.4 Å². The normalized spacial score (nSPS) is 32.1. The predicted molar refractivity (Wildman–Crippen MR) is 80.3 cm³/mol. The first-order chi connectivity index (χ1) is 10.0. The van der Waals surface area contributed by atoms with Crippen LogP contribution in [0.4, 0.5) is 0 Å². The zero-order chi connectivity index (χ0) is 15.1. The largest absolute Gasteiger partial charge is 0.306 e. The van der Waals surface area contributed by atoms with Gasteiger partial charge in [0.25, 0.3) is 0 Å². The number of benzene rings is 1. The summed E-state index contributed by atoms with van der Waals surface area (Å²) in [7, 11) is 1.61. The molecule has 4 heteroatoms. The highest BCUT2D eigenvalue weighted by atomic mass is 16.2. The van der Waals surface area contributed by atoms with Gasteiger partial charge in [-0.2, -0.15) is 0 Å². The maximum absolute atomic E-state index is 12.5. The molecular formula is C17H22N2O2. The number of amides is 2. The number of fused-ring (bicyclic) bond motifs is 1. The number of rotatable bonds is 3. The van der Waals surface area contributed by atoms with Crippen molar-refractivity contribution in [2.45, 2.75) is 32.4 Å². The number of hydrogen-bond donors (Lipinski definition) is 1. The Labute approximate surface area is 125 Å². The van der Waals surface area contributed by atoms with Gasteiger partial charge in [0, 0.05) is 19.1 Å². The van der Waals surface area contributed by atoms with E-state index in [2.05, 4.69) is 19.2 Å². The molecule has 3 rings (SSSR count). The summed E-state index contributed by atoms with van der Waals surface area (Å²) in [4.78, 5) is 26.2. The second kappa shape index (κ2) is 5.26. The molecule has 0 radical (unpaired) electrons. The summed E-state index contributed by atoms with van der Waals surface area (Å²) in [6.07, 6.45) is 0.914. The Balaban J connectivity index is 1.96. The van der Waals surface area contributed by atoms with E-state index in [1.807, 2.05) is 30.3 Å². The van der Waals surface area contributed by atoms with Crippen molar-refractivity contribution in [3.8, 4) is 0 Å². The van der Waals surface area contributed by atoms with Gasteiger partial charge in [0.15, 0.2) is 0 Å². The molecule has 2 fully saturated rings.